The van der Waals surface area contributed by atoms with E-state index in [1.807, 2.05) is 6.92 Å². The van der Waals surface area contributed by atoms with Crippen LogP contribution in [-0.4, -0.2) is 19.0 Å². The molecule has 118 valence electrons. The monoisotopic (exact) mass is 322 g/mol. The van der Waals surface area contributed by atoms with E-state index in [1.54, 1.807) is 0 Å². The molecule has 2 N–H and O–H groups in total. The maximum absolute atomic E-state index is 12.8. The highest BCUT2D eigenvalue weighted by molar-refractivity contribution is 5.85. The van der Waals surface area contributed by atoms with Crippen molar-refractivity contribution in [3.63, 3.8) is 0 Å². The first-order valence-electron chi connectivity index (χ1n) is 6.47. The number of carbonyl (C=O) groups is 1. The Hall–Kier alpha value is -1.27. The number of benzene rings is 1. The summed E-state index contributed by atoms with van der Waals surface area (Å²) in [5.74, 6) is -0.209. The van der Waals surface area contributed by atoms with Gasteiger partial charge in [0.1, 0.15) is 0 Å². The van der Waals surface area contributed by atoms with E-state index in [-0.39, 0.29) is 30.4 Å². The minimum absolute atomic E-state index is 0. The lowest BCUT2D eigenvalue weighted by Gasteiger charge is -2.22. The molecule has 1 saturated heterocycles. The molecule has 1 heterocycles. The number of nitrogens with one attached hydrogen (secondary N) is 2. The van der Waals surface area contributed by atoms with E-state index in [0.717, 1.165) is 12.6 Å². The molecule has 0 aliphatic carbocycles. The molecule has 1 amide bonds. The molecule has 1 fully saturated rings. The summed E-state index contributed by atoms with van der Waals surface area (Å²) in [7, 11) is 0. The summed E-state index contributed by atoms with van der Waals surface area (Å²) in [4.78, 5) is 12.1. The molecule has 1 aromatic carbocycles. The molecule has 0 aromatic heterocycles. The van der Waals surface area contributed by atoms with Gasteiger partial charge in [0.15, 0.2) is 0 Å². The van der Waals surface area contributed by atoms with Crippen LogP contribution in [0.1, 0.15) is 24.5 Å². The van der Waals surface area contributed by atoms with Crippen molar-refractivity contribution in [1.29, 1.82) is 0 Å². The maximum Gasteiger partial charge on any atom is 0.416 e. The molecule has 1 aliphatic rings. The van der Waals surface area contributed by atoms with Crippen molar-refractivity contribution in [3.8, 4) is 0 Å². The molecule has 0 radical (unpaired) electrons. The first kappa shape index (κ1) is 17.8. The van der Waals surface area contributed by atoms with Gasteiger partial charge in [-0.25, -0.2) is 0 Å². The highest BCUT2D eigenvalue weighted by atomic mass is 35.5. The predicted octanol–water partition coefficient (Wildman–Crippen LogP) is 2.74. The van der Waals surface area contributed by atoms with Crippen molar-refractivity contribution in [2.75, 3.05) is 13.1 Å². The van der Waals surface area contributed by atoms with Gasteiger partial charge in [0.25, 0.3) is 0 Å². The molecule has 0 spiro atoms. The van der Waals surface area contributed by atoms with Crippen LogP contribution in [0.2, 0.25) is 0 Å². The zero-order valence-electron chi connectivity index (χ0n) is 11.6. The average molecular weight is 323 g/mol. The summed E-state index contributed by atoms with van der Waals surface area (Å²) in [5.41, 5.74) is -1.15. The molecule has 1 aliphatic heterocycles. The number of alkyl halides is 3. The zero-order valence-corrected chi connectivity index (χ0v) is 12.4. The SMILES string of the molecule is CC1(C(=O)NCc2ccccc2C(F)(F)F)CCNC1.Cl. The van der Waals surface area contributed by atoms with Gasteiger partial charge in [-0.05, 0) is 31.5 Å². The van der Waals surface area contributed by atoms with Gasteiger partial charge in [-0.2, -0.15) is 13.2 Å². The topological polar surface area (TPSA) is 41.1 Å². The van der Waals surface area contributed by atoms with E-state index in [2.05, 4.69) is 10.6 Å². The lowest BCUT2D eigenvalue weighted by atomic mass is 9.88. The second kappa shape index (κ2) is 6.66. The van der Waals surface area contributed by atoms with Gasteiger partial charge in [-0.3, -0.25) is 4.79 Å². The van der Waals surface area contributed by atoms with Crippen molar-refractivity contribution in [3.05, 3.63) is 35.4 Å². The summed E-state index contributed by atoms with van der Waals surface area (Å²) in [5, 5.41) is 5.70. The smallest absolute Gasteiger partial charge is 0.351 e. The van der Waals surface area contributed by atoms with Gasteiger partial charge in [0.2, 0.25) is 5.91 Å². The van der Waals surface area contributed by atoms with Crippen molar-refractivity contribution >= 4 is 18.3 Å². The molecule has 1 aromatic rings. The fraction of sp³-hybridized carbons (Fsp3) is 0.500. The molecular formula is C14H18ClF3N2O. The number of hydrogen-bond acceptors (Lipinski definition) is 2. The standard InChI is InChI=1S/C14H17F3N2O.ClH/c1-13(6-7-18-9-13)12(20)19-8-10-4-2-3-5-11(10)14(15,16)17;/h2-5,18H,6-9H2,1H3,(H,19,20);1H. The Morgan fingerprint density at radius 2 is 2.05 bits per heavy atom. The van der Waals surface area contributed by atoms with Gasteiger partial charge in [-0.1, -0.05) is 18.2 Å². The Morgan fingerprint density at radius 3 is 2.62 bits per heavy atom. The van der Waals surface area contributed by atoms with Gasteiger partial charge < -0.3 is 10.6 Å². The van der Waals surface area contributed by atoms with E-state index >= 15 is 0 Å². The van der Waals surface area contributed by atoms with E-state index in [1.165, 1.54) is 18.2 Å². The first-order valence-corrected chi connectivity index (χ1v) is 6.47. The van der Waals surface area contributed by atoms with Crippen LogP contribution in [0, 0.1) is 5.41 Å². The van der Waals surface area contributed by atoms with Crippen LogP contribution in [0.5, 0.6) is 0 Å². The number of rotatable bonds is 3. The Balaban J connectivity index is 0.00000220. The molecule has 21 heavy (non-hydrogen) atoms. The minimum Gasteiger partial charge on any atom is -0.351 e. The summed E-state index contributed by atoms with van der Waals surface area (Å²) in [6.45, 7) is 3.02. The van der Waals surface area contributed by atoms with Crippen LogP contribution >= 0.6 is 12.4 Å². The summed E-state index contributed by atoms with van der Waals surface area (Å²) in [6, 6.07) is 5.30. The van der Waals surface area contributed by atoms with E-state index in [0.29, 0.717) is 13.0 Å². The number of halogens is 4. The van der Waals surface area contributed by atoms with Crippen LogP contribution in [-0.2, 0) is 17.5 Å². The third kappa shape index (κ3) is 4.11. The Morgan fingerprint density at radius 1 is 1.38 bits per heavy atom. The summed E-state index contributed by atoms with van der Waals surface area (Å²) < 4.78 is 38.5. The van der Waals surface area contributed by atoms with Crippen molar-refractivity contribution in [1.82, 2.24) is 10.6 Å². The van der Waals surface area contributed by atoms with Gasteiger partial charge >= 0.3 is 6.18 Å². The van der Waals surface area contributed by atoms with Crippen LogP contribution in [0.3, 0.4) is 0 Å². The lowest BCUT2D eigenvalue weighted by Crippen LogP contribution is -2.40. The highest BCUT2D eigenvalue weighted by Crippen LogP contribution is 2.32. The number of amides is 1. The maximum atomic E-state index is 12.8. The van der Waals surface area contributed by atoms with Gasteiger partial charge in [-0.15, -0.1) is 12.4 Å². The molecular weight excluding hydrogens is 305 g/mol. The second-order valence-electron chi connectivity index (χ2n) is 5.33. The van der Waals surface area contributed by atoms with Gasteiger partial charge in [0, 0.05) is 13.1 Å². The van der Waals surface area contributed by atoms with Crippen molar-refractivity contribution in [2.45, 2.75) is 26.1 Å². The Bertz CT molecular complexity index is 499. The van der Waals surface area contributed by atoms with Crippen LogP contribution in [0.4, 0.5) is 13.2 Å². The minimum atomic E-state index is -4.40. The van der Waals surface area contributed by atoms with E-state index in [4.69, 9.17) is 0 Å². The average Bonchev–Trinajstić information content (AvgIpc) is 2.83. The zero-order chi connectivity index (χ0) is 14.8. The van der Waals surface area contributed by atoms with E-state index < -0.39 is 17.2 Å². The molecule has 0 bridgehead atoms. The fourth-order valence-electron chi connectivity index (χ4n) is 2.35. The van der Waals surface area contributed by atoms with E-state index in [9.17, 15) is 18.0 Å². The Labute approximate surface area is 127 Å². The summed E-state index contributed by atoms with van der Waals surface area (Å²) >= 11 is 0. The molecule has 7 heteroatoms. The summed E-state index contributed by atoms with van der Waals surface area (Å²) in [6.07, 6.45) is -3.71. The molecule has 1 atom stereocenters. The van der Waals surface area contributed by atoms with Crippen molar-refractivity contribution < 1.29 is 18.0 Å². The molecule has 0 saturated carbocycles. The largest absolute Gasteiger partial charge is 0.416 e. The van der Waals surface area contributed by atoms with Crippen LogP contribution in [0.15, 0.2) is 24.3 Å². The van der Waals surface area contributed by atoms with Crippen LogP contribution < -0.4 is 10.6 Å². The first-order chi connectivity index (χ1) is 9.33. The Kier molecular flexibility index (Phi) is 5.64. The number of carbonyl (C=O) groups excluding carboxylic acids is 1. The lowest BCUT2D eigenvalue weighted by molar-refractivity contribution is -0.138. The predicted molar refractivity (Wildman–Crippen MR) is 76.1 cm³/mol. The fourth-order valence-corrected chi connectivity index (χ4v) is 2.35. The normalized spacial score (nSPS) is 21.7. The third-order valence-electron chi connectivity index (χ3n) is 3.68. The molecule has 2 rings (SSSR count). The molecule has 3 nitrogen and oxygen atoms in total. The second-order valence-corrected chi connectivity index (χ2v) is 5.33. The van der Waals surface area contributed by atoms with Gasteiger partial charge in [0.05, 0.1) is 11.0 Å². The number of hydrogen-bond donors (Lipinski definition) is 2. The molecule has 1 unspecified atom stereocenters. The highest BCUT2D eigenvalue weighted by Gasteiger charge is 2.37. The quantitative estimate of drug-likeness (QED) is 0.898. The van der Waals surface area contributed by atoms with Crippen molar-refractivity contribution in [2.24, 2.45) is 5.41 Å². The third-order valence-corrected chi connectivity index (χ3v) is 3.68. The van der Waals surface area contributed by atoms with Crippen LogP contribution in [0.25, 0.3) is 0 Å².